The van der Waals surface area contributed by atoms with Gasteiger partial charge >= 0.3 is 0 Å². The van der Waals surface area contributed by atoms with E-state index in [1.165, 1.54) is 11.1 Å². The highest BCUT2D eigenvalue weighted by atomic mass is 79.9. The molecule has 0 aliphatic carbocycles. The van der Waals surface area contributed by atoms with E-state index < -0.39 is 0 Å². The first-order valence-corrected chi connectivity index (χ1v) is 7.55. The summed E-state index contributed by atoms with van der Waals surface area (Å²) >= 11 is 3.48. The van der Waals surface area contributed by atoms with Crippen LogP contribution in [-0.2, 0) is 11.3 Å². The third-order valence-electron chi connectivity index (χ3n) is 2.94. The van der Waals surface area contributed by atoms with E-state index in [0.29, 0.717) is 19.8 Å². The van der Waals surface area contributed by atoms with Crippen LogP contribution in [0.3, 0.4) is 0 Å². The molecule has 0 amide bonds. The van der Waals surface area contributed by atoms with E-state index in [0.717, 1.165) is 16.6 Å². The second-order valence-electron chi connectivity index (χ2n) is 4.65. The van der Waals surface area contributed by atoms with Crippen molar-refractivity contribution in [1.29, 1.82) is 0 Å². The summed E-state index contributed by atoms with van der Waals surface area (Å²) in [5.74, 6) is 0.911. The first-order valence-electron chi connectivity index (χ1n) is 6.76. The molecule has 0 aliphatic heterocycles. The Kier molecular flexibility index (Phi) is 6.09. The number of rotatable bonds is 7. The van der Waals surface area contributed by atoms with Gasteiger partial charge in [0.25, 0.3) is 0 Å². The van der Waals surface area contributed by atoms with Gasteiger partial charge in [0.05, 0.1) is 19.8 Å². The number of ether oxygens (including phenoxy) is 2. The van der Waals surface area contributed by atoms with Gasteiger partial charge in [-0.3, -0.25) is 0 Å². The van der Waals surface area contributed by atoms with Crippen LogP contribution < -0.4 is 4.74 Å². The van der Waals surface area contributed by atoms with Crippen molar-refractivity contribution in [1.82, 2.24) is 0 Å². The third-order valence-corrected chi connectivity index (χ3v) is 3.83. The predicted molar refractivity (Wildman–Crippen MR) is 85.1 cm³/mol. The van der Waals surface area contributed by atoms with Crippen molar-refractivity contribution >= 4 is 15.9 Å². The molecule has 2 nitrogen and oxygen atoms in total. The molecule has 0 aromatic heterocycles. The minimum absolute atomic E-state index is 0.665. The predicted octanol–water partition coefficient (Wildman–Crippen LogP) is 4.74. The summed E-state index contributed by atoms with van der Waals surface area (Å²) in [6.07, 6.45) is 0.891. The zero-order valence-electron chi connectivity index (χ0n) is 11.6. The van der Waals surface area contributed by atoms with Gasteiger partial charge in [-0.15, -0.1) is 0 Å². The van der Waals surface area contributed by atoms with Gasteiger partial charge in [0.1, 0.15) is 5.75 Å². The van der Waals surface area contributed by atoms with Crippen molar-refractivity contribution in [2.75, 3.05) is 13.2 Å². The smallest absolute Gasteiger partial charge is 0.119 e. The highest BCUT2D eigenvalue weighted by Crippen LogP contribution is 2.21. The Morgan fingerprint density at radius 1 is 1.00 bits per heavy atom. The monoisotopic (exact) mass is 334 g/mol. The Morgan fingerprint density at radius 3 is 2.55 bits per heavy atom. The quantitative estimate of drug-likeness (QED) is 0.680. The molecule has 0 N–H and O–H groups in total. The minimum Gasteiger partial charge on any atom is -0.493 e. The second kappa shape index (κ2) is 8.08. The zero-order chi connectivity index (χ0) is 14.2. The fourth-order valence-corrected chi connectivity index (χ4v) is 2.07. The lowest BCUT2D eigenvalue weighted by Crippen LogP contribution is -2.03. The van der Waals surface area contributed by atoms with Gasteiger partial charge < -0.3 is 9.47 Å². The van der Waals surface area contributed by atoms with E-state index in [4.69, 9.17) is 9.47 Å². The number of aryl methyl sites for hydroxylation is 1. The summed E-state index contributed by atoms with van der Waals surface area (Å²) < 4.78 is 12.4. The van der Waals surface area contributed by atoms with Crippen molar-refractivity contribution in [3.63, 3.8) is 0 Å². The summed E-state index contributed by atoms with van der Waals surface area (Å²) in [5, 5.41) is 0. The van der Waals surface area contributed by atoms with Crippen LogP contribution in [0.15, 0.2) is 53.0 Å². The molecular formula is C17H19BrO2. The van der Waals surface area contributed by atoms with Crippen LogP contribution in [0.2, 0.25) is 0 Å². The molecular weight excluding hydrogens is 316 g/mol. The number of benzene rings is 2. The molecule has 106 valence electrons. The van der Waals surface area contributed by atoms with Gasteiger partial charge in [-0.2, -0.15) is 0 Å². The van der Waals surface area contributed by atoms with E-state index in [9.17, 15) is 0 Å². The maximum absolute atomic E-state index is 5.69. The molecule has 0 atom stereocenters. The van der Waals surface area contributed by atoms with Gasteiger partial charge in [-0.05, 0) is 36.2 Å². The lowest BCUT2D eigenvalue weighted by atomic mass is 10.2. The van der Waals surface area contributed by atoms with Gasteiger partial charge in [-0.25, -0.2) is 0 Å². The highest BCUT2D eigenvalue weighted by Gasteiger charge is 1.98. The molecule has 0 saturated heterocycles. The third kappa shape index (κ3) is 4.99. The molecule has 2 aromatic carbocycles. The molecule has 3 heteroatoms. The maximum atomic E-state index is 5.69. The van der Waals surface area contributed by atoms with Gasteiger partial charge in [0.2, 0.25) is 0 Å². The number of halogens is 1. The van der Waals surface area contributed by atoms with Crippen molar-refractivity contribution in [2.45, 2.75) is 20.0 Å². The van der Waals surface area contributed by atoms with Gasteiger partial charge in [0, 0.05) is 10.9 Å². The Bertz CT molecular complexity index is 526. The van der Waals surface area contributed by atoms with Crippen LogP contribution in [0.4, 0.5) is 0 Å². The molecule has 2 rings (SSSR count). The van der Waals surface area contributed by atoms with Gasteiger partial charge in [0.15, 0.2) is 0 Å². The second-order valence-corrected chi connectivity index (χ2v) is 5.51. The molecule has 2 aromatic rings. The summed E-state index contributed by atoms with van der Waals surface area (Å²) in [4.78, 5) is 0. The molecule has 20 heavy (non-hydrogen) atoms. The van der Waals surface area contributed by atoms with Crippen LogP contribution in [0.5, 0.6) is 5.75 Å². The molecule has 0 spiro atoms. The fraction of sp³-hybridized carbons (Fsp3) is 0.294. The van der Waals surface area contributed by atoms with Crippen molar-refractivity contribution in [2.24, 2.45) is 0 Å². The summed E-state index contributed by atoms with van der Waals surface area (Å²) in [7, 11) is 0. The SMILES string of the molecule is Cc1cc(OCCCOCc2ccccc2)ccc1Br. The Hall–Kier alpha value is -1.32. The molecule has 0 unspecified atom stereocenters. The van der Waals surface area contributed by atoms with E-state index in [1.807, 2.05) is 36.4 Å². The van der Waals surface area contributed by atoms with Crippen LogP contribution >= 0.6 is 15.9 Å². The lowest BCUT2D eigenvalue weighted by molar-refractivity contribution is 0.107. The normalized spacial score (nSPS) is 10.5. The Balaban J connectivity index is 1.61. The molecule has 0 saturated carbocycles. The molecule has 0 fully saturated rings. The van der Waals surface area contributed by atoms with E-state index in [-0.39, 0.29) is 0 Å². The number of hydrogen-bond acceptors (Lipinski definition) is 2. The first-order chi connectivity index (χ1) is 9.75. The summed E-state index contributed by atoms with van der Waals surface area (Å²) in [6, 6.07) is 16.2. The highest BCUT2D eigenvalue weighted by molar-refractivity contribution is 9.10. The van der Waals surface area contributed by atoms with E-state index >= 15 is 0 Å². The standard InChI is InChI=1S/C17H19BrO2/c1-14-12-16(8-9-17(14)18)20-11-5-10-19-13-15-6-3-2-4-7-15/h2-4,6-9,12H,5,10-11,13H2,1H3. The average molecular weight is 335 g/mol. The molecule has 0 aliphatic rings. The lowest BCUT2D eigenvalue weighted by Gasteiger charge is -2.08. The van der Waals surface area contributed by atoms with Crippen LogP contribution in [0.1, 0.15) is 17.5 Å². The molecule has 0 bridgehead atoms. The van der Waals surface area contributed by atoms with Crippen molar-refractivity contribution in [3.8, 4) is 5.75 Å². The van der Waals surface area contributed by atoms with Crippen LogP contribution in [0, 0.1) is 6.92 Å². The van der Waals surface area contributed by atoms with Crippen molar-refractivity contribution < 1.29 is 9.47 Å². The average Bonchev–Trinajstić information content (AvgIpc) is 2.47. The minimum atomic E-state index is 0.665. The molecule has 0 radical (unpaired) electrons. The fourth-order valence-electron chi connectivity index (χ4n) is 1.82. The number of hydrogen-bond donors (Lipinski definition) is 0. The largest absolute Gasteiger partial charge is 0.493 e. The summed E-state index contributed by atoms with van der Waals surface area (Å²) in [5.41, 5.74) is 2.39. The van der Waals surface area contributed by atoms with Crippen LogP contribution in [0.25, 0.3) is 0 Å². The molecule has 0 heterocycles. The van der Waals surface area contributed by atoms with Crippen molar-refractivity contribution in [3.05, 3.63) is 64.1 Å². The van der Waals surface area contributed by atoms with Gasteiger partial charge in [-0.1, -0.05) is 46.3 Å². The topological polar surface area (TPSA) is 18.5 Å². The first kappa shape index (κ1) is 15.1. The Morgan fingerprint density at radius 2 is 1.80 bits per heavy atom. The maximum Gasteiger partial charge on any atom is 0.119 e. The zero-order valence-corrected chi connectivity index (χ0v) is 13.2. The Labute approximate surface area is 128 Å². The summed E-state index contributed by atoms with van der Waals surface area (Å²) in [6.45, 7) is 4.11. The van der Waals surface area contributed by atoms with E-state index in [2.05, 4.69) is 35.0 Å². The van der Waals surface area contributed by atoms with E-state index in [1.54, 1.807) is 0 Å². The van der Waals surface area contributed by atoms with Crippen LogP contribution in [-0.4, -0.2) is 13.2 Å².